The Hall–Kier alpha value is -0.970. The van der Waals surface area contributed by atoms with E-state index in [1.807, 2.05) is 13.8 Å². The number of hydrogen-bond donors (Lipinski definition) is 0. The Morgan fingerprint density at radius 3 is 2.58 bits per heavy atom. The molecule has 2 nitrogen and oxygen atoms in total. The Bertz CT molecular complexity index is 184. The zero-order chi connectivity index (χ0) is 9.40. The van der Waals surface area contributed by atoms with E-state index in [0.717, 1.165) is 12.8 Å². The molecule has 0 amide bonds. The van der Waals surface area contributed by atoms with E-state index in [2.05, 4.69) is 11.8 Å². The molecule has 0 radical (unpaired) electrons. The summed E-state index contributed by atoms with van der Waals surface area (Å²) < 4.78 is 0. The van der Waals surface area contributed by atoms with Crippen LogP contribution in [0, 0.1) is 17.8 Å². The number of aliphatic carboxylic acids is 1. The fourth-order valence-electron chi connectivity index (χ4n) is 0.759. The first kappa shape index (κ1) is 11.0. The summed E-state index contributed by atoms with van der Waals surface area (Å²) in [5.41, 5.74) is 0. The molecule has 0 heterocycles. The first-order chi connectivity index (χ1) is 5.63. The molecule has 0 fully saturated rings. The maximum atomic E-state index is 9.99. The molecule has 0 rings (SSSR count). The minimum absolute atomic E-state index is 0.156. The molecule has 0 unspecified atom stereocenters. The Labute approximate surface area is 74.0 Å². The molecule has 0 saturated heterocycles. The van der Waals surface area contributed by atoms with Crippen LogP contribution < -0.4 is 5.11 Å². The van der Waals surface area contributed by atoms with E-state index < -0.39 is 5.97 Å². The minimum atomic E-state index is -0.966. The number of carbonyl (C=O) groups is 1. The Balaban J connectivity index is 3.23. The number of carboxylic acid groups (broad SMARTS) is 1. The number of unbranched alkanes of at least 4 members (excludes halogenated alkanes) is 2. The zero-order valence-electron chi connectivity index (χ0n) is 7.72. The van der Waals surface area contributed by atoms with Crippen molar-refractivity contribution in [3.63, 3.8) is 0 Å². The predicted molar refractivity (Wildman–Crippen MR) is 46.1 cm³/mol. The summed E-state index contributed by atoms with van der Waals surface area (Å²) in [6, 6.07) is 0. The molecule has 0 aromatic carbocycles. The molecule has 0 aliphatic rings. The second-order valence-electron chi connectivity index (χ2n) is 3.05. The van der Waals surface area contributed by atoms with Crippen LogP contribution in [0.2, 0.25) is 0 Å². The van der Waals surface area contributed by atoms with Crippen LogP contribution in [0.1, 0.15) is 39.5 Å². The molecule has 12 heavy (non-hydrogen) atoms. The number of carbonyl (C=O) groups excluding carboxylic acids is 1. The number of carboxylic acids is 1. The highest BCUT2D eigenvalue weighted by Gasteiger charge is 1.87. The fraction of sp³-hybridized carbons (Fsp3) is 0.700. The van der Waals surface area contributed by atoms with Gasteiger partial charge in [0.25, 0.3) is 0 Å². The van der Waals surface area contributed by atoms with Gasteiger partial charge in [0.1, 0.15) is 0 Å². The third-order valence-corrected chi connectivity index (χ3v) is 1.32. The second kappa shape index (κ2) is 6.72. The molecule has 0 spiro atoms. The monoisotopic (exact) mass is 167 g/mol. The van der Waals surface area contributed by atoms with Gasteiger partial charge in [-0.1, -0.05) is 13.8 Å². The van der Waals surface area contributed by atoms with Gasteiger partial charge >= 0.3 is 0 Å². The highest BCUT2D eigenvalue weighted by molar-refractivity contribution is 5.64. The summed E-state index contributed by atoms with van der Waals surface area (Å²) in [5.74, 6) is 5.46. The highest BCUT2D eigenvalue weighted by atomic mass is 16.4. The summed E-state index contributed by atoms with van der Waals surface area (Å²) >= 11 is 0. The first-order valence-corrected chi connectivity index (χ1v) is 4.31. The highest BCUT2D eigenvalue weighted by Crippen LogP contribution is 1.98. The molecule has 0 aromatic heterocycles. The lowest BCUT2D eigenvalue weighted by atomic mass is 10.1. The summed E-state index contributed by atoms with van der Waals surface area (Å²) in [6.07, 6.45) is 2.48. The van der Waals surface area contributed by atoms with Crippen molar-refractivity contribution in [1.29, 1.82) is 0 Å². The minimum Gasteiger partial charge on any atom is -0.550 e. The first-order valence-electron chi connectivity index (χ1n) is 4.31. The molecule has 0 N–H and O–H groups in total. The molecule has 68 valence electrons. The zero-order valence-corrected chi connectivity index (χ0v) is 7.72. The molecular weight excluding hydrogens is 152 g/mol. The van der Waals surface area contributed by atoms with Crippen molar-refractivity contribution in [3.05, 3.63) is 0 Å². The van der Waals surface area contributed by atoms with Crippen molar-refractivity contribution in [2.24, 2.45) is 5.92 Å². The van der Waals surface area contributed by atoms with Gasteiger partial charge in [-0.15, -0.1) is 11.8 Å². The van der Waals surface area contributed by atoms with Crippen LogP contribution in [0.4, 0.5) is 0 Å². The van der Waals surface area contributed by atoms with Crippen LogP contribution in [0.15, 0.2) is 0 Å². The lowest BCUT2D eigenvalue weighted by Crippen LogP contribution is -2.21. The van der Waals surface area contributed by atoms with Crippen LogP contribution in [0.25, 0.3) is 0 Å². The van der Waals surface area contributed by atoms with Crippen molar-refractivity contribution in [1.82, 2.24) is 0 Å². The van der Waals surface area contributed by atoms with Crippen LogP contribution in [-0.2, 0) is 4.79 Å². The maximum absolute atomic E-state index is 9.99. The molecule has 0 saturated carbocycles. The van der Waals surface area contributed by atoms with Gasteiger partial charge in [-0.05, 0) is 19.3 Å². The smallest absolute Gasteiger partial charge is 0.0414 e. The molecule has 0 bridgehead atoms. The van der Waals surface area contributed by atoms with Gasteiger partial charge < -0.3 is 9.90 Å². The molecule has 0 atom stereocenters. The summed E-state index contributed by atoms with van der Waals surface area (Å²) in [6.45, 7) is 4.07. The summed E-state index contributed by atoms with van der Waals surface area (Å²) in [4.78, 5) is 9.99. The normalized spacial score (nSPS) is 9.25. The van der Waals surface area contributed by atoms with Gasteiger partial charge in [0.15, 0.2) is 0 Å². The van der Waals surface area contributed by atoms with E-state index in [9.17, 15) is 9.90 Å². The third-order valence-electron chi connectivity index (χ3n) is 1.32. The van der Waals surface area contributed by atoms with Crippen LogP contribution in [0.5, 0.6) is 0 Å². The predicted octanol–water partition coefficient (Wildman–Crippen LogP) is 0.956. The van der Waals surface area contributed by atoms with Gasteiger partial charge in [0.2, 0.25) is 0 Å². The van der Waals surface area contributed by atoms with Gasteiger partial charge in [-0.3, -0.25) is 0 Å². The average molecular weight is 167 g/mol. The largest absolute Gasteiger partial charge is 0.550 e. The standard InChI is InChI=1S/C10H16O2/c1-9(2)7-5-3-4-6-8-10(11)12/h9H,3-4,6,8H2,1-2H3,(H,11,12)/p-1. The van der Waals surface area contributed by atoms with Gasteiger partial charge in [0, 0.05) is 18.3 Å². The van der Waals surface area contributed by atoms with Crippen LogP contribution in [-0.4, -0.2) is 5.97 Å². The Morgan fingerprint density at radius 2 is 2.08 bits per heavy atom. The van der Waals surface area contributed by atoms with Crippen molar-refractivity contribution < 1.29 is 9.90 Å². The van der Waals surface area contributed by atoms with E-state index in [1.165, 1.54) is 0 Å². The van der Waals surface area contributed by atoms with Gasteiger partial charge in [-0.2, -0.15) is 0 Å². The quantitative estimate of drug-likeness (QED) is 0.462. The van der Waals surface area contributed by atoms with Crippen molar-refractivity contribution in [2.75, 3.05) is 0 Å². The van der Waals surface area contributed by atoms with E-state index in [-0.39, 0.29) is 6.42 Å². The third kappa shape index (κ3) is 9.03. The van der Waals surface area contributed by atoms with E-state index in [0.29, 0.717) is 12.3 Å². The molecule has 0 aromatic rings. The topological polar surface area (TPSA) is 40.1 Å². The molecular formula is C10H15O2-. The maximum Gasteiger partial charge on any atom is 0.0414 e. The molecule has 0 aliphatic carbocycles. The summed E-state index contributed by atoms with van der Waals surface area (Å²) in [7, 11) is 0. The van der Waals surface area contributed by atoms with Crippen LogP contribution >= 0.6 is 0 Å². The number of rotatable bonds is 4. The second-order valence-corrected chi connectivity index (χ2v) is 3.05. The lowest BCUT2D eigenvalue weighted by molar-refractivity contribution is -0.305. The average Bonchev–Trinajstić information content (AvgIpc) is 1.95. The van der Waals surface area contributed by atoms with E-state index >= 15 is 0 Å². The van der Waals surface area contributed by atoms with Gasteiger partial charge in [-0.25, -0.2) is 0 Å². The molecule has 2 heteroatoms. The number of hydrogen-bond acceptors (Lipinski definition) is 2. The van der Waals surface area contributed by atoms with Gasteiger partial charge in [0.05, 0.1) is 0 Å². The van der Waals surface area contributed by atoms with E-state index in [4.69, 9.17) is 0 Å². The summed E-state index contributed by atoms with van der Waals surface area (Å²) in [5, 5.41) is 9.99. The van der Waals surface area contributed by atoms with Crippen molar-refractivity contribution in [2.45, 2.75) is 39.5 Å². The van der Waals surface area contributed by atoms with Crippen molar-refractivity contribution >= 4 is 5.97 Å². The Kier molecular flexibility index (Phi) is 6.18. The fourth-order valence-corrected chi connectivity index (χ4v) is 0.759. The Morgan fingerprint density at radius 1 is 1.42 bits per heavy atom. The van der Waals surface area contributed by atoms with E-state index in [1.54, 1.807) is 0 Å². The SMILES string of the molecule is CC(C)C#CCCCCC(=O)[O-]. The van der Waals surface area contributed by atoms with Crippen molar-refractivity contribution in [3.8, 4) is 11.8 Å². The van der Waals surface area contributed by atoms with Crippen LogP contribution in [0.3, 0.4) is 0 Å². The lowest BCUT2D eigenvalue weighted by Gasteiger charge is -1.98. The molecule has 0 aliphatic heterocycles.